The Kier molecular flexibility index (Phi) is 6.01. The largest absolute Gasteiger partial charge is 0.385 e. The Labute approximate surface area is 137 Å². The predicted octanol–water partition coefficient (Wildman–Crippen LogP) is 3.24. The maximum Gasteiger partial charge on any atom is 0.261 e. The van der Waals surface area contributed by atoms with Crippen LogP contribution in [0, 0.1) is 6.92 Å². The van der Waals surface area contributed by atoms with Crippen LogP contribution in [0.2, 0.25) is 0 Å². The Morgan fingerprint density at radius 3 is 2.17 bits per heavy atom. The van der Waals surface area contributed by atoms with E-state index in [1.165, 1.54) is 0 Å². The van der Waals surface area contributed by atoms with E-state index in [0.717, 1.165) is 24.2 Å². The molecule has 0 unspecified atom stereocenters. The summed E-state index contributed by atoms with van der Waals surface area (Å²) >= 11 is 0. The first kappa shape index (κ1) is 17.3. The van der Waals surface area contributed by atoms with Gasteiger partial charge in [-0.15, -0.1) is 0 Å². The van der Waals surface area contributed by atoms with E-state index in [1.807, 2.05) is 19.1 Å². The molecule has 6 heteroatoms. The highest BCUT2D eigenvalue weighted by Crippen LogP contribution is 2.18. The molecule has 0 aliphatic heterocycles. The number of nitrogens with one attached hydrogen (secondary N) is 2. The van der Waals surface area contributed by atoms with Gasteiger partial charge in [-0.1, -0.05) is 17.7 Å². The fourth-order valence-electron chi connectivity index (χ4n) is 2.04. The van der Waals surface area contributed by atoms with Gasteiger partial charge in [0.05, 0.1) is 4.90 Å². The van der Waals surface area contributed by atoms with Crippen molar-refractivity contribution in [1.82, 2.24) is 0 Å². The molecule has 0 aliphatic rings. The zero-order valence-corrected chi connectivity index (χ0v) is 14.2. The second-order valence-electron chi connectivity index (χ2n) is 5.27. The average Bonchev–Trinajstić information content (AvgIpc) is 2.53. The van der Waals surface area contributed by atoms with Gasteiger partial charge in [-0.05, 0) is 49.7 Å². The molecule has 0 bridgehead atoms. The van der Waals surface area contributed by atoms with E-state index in [4.69, 9.17) is 4.74 Å². The molecule has 0 aromatic heterocycles. The van der Waals surface area contributed by atoms with E-state index in [1.54, 1.807) is 43.5 Å². The highest BCUT2D eigenvalue weighted by atomic mass is 32.2. The SMILES string of the molecule is COCCCNc1ccc(NS(=O)(=O)c2ccc(C)cc2)cc1. The molecule has 0 aliphatic carbocycles. The molecule has 0 heterocycles. The summed E-state index contributed by atoms with van der Waals surface area (Å²) in [4.78, 5) is 0.255. The summed E-state index contributed by atoms with van der Waals surface area (Å²) in [6.45, 7) is 3.44. The lowest BCUT2D eigenvalue weighted by Gasteiger charge is -2.10. The third kappa shape index (κ3) is 5.26. The van der Waals surface area contributed by atoms with Gasteiger partial charge in [0.15, 0.2) is 0 Å². The lowest BCUT2D eigenvalue weighted by molar-refractivity contribution is 0.198. The number of rotatable bonds is 8. The topological polar surface area (TPSA) is 67.4 Å². The van der Waals surface area contributed by atoms with Gasteiger partial charge in [0, 0.05) is 31.6 Å². The molecular weight excluding hydrogens is 312 g/mol. The van der Waals surface area contributed by atoms with Crippen molar-refractivity contribution >= 4 is 21.4 Å². The molecule has 2 rings (SSSR count). The fraction of sp³-hybridized carbons (Fsp3) is 0.294. The van der Waals surface area contributed by atoms with E-state index >= 15 is 0 Å². The summed E-state index contributed by atoms with van der Waals surface area (Å²) in [5.41, 5.74) is 2.50. The normalized spacial score (nSPS) is 11.2. The van der Waals surface area contributed by atoms with Crippen molar-refractivity contribution in [1.29, 1.82) is 0 Å². The van der Waals surface area contributed by atoms with E-state index in [2.05, 4.69) is 10.0 Å². The van der Waals surface area contributed by atoms with Gasteiger partial charge in [-0.3, -0.25) is 4.72 Å². The third-order valence-electron chi connectivity index (χ3n) is 3.32. The first-order valence-corrected chi connectivity index (χ1v) is 8.92. The molecule has 2 N–H and O–H groups in total. The van der Waals surface area contributed by atoms with Crippen LogP contribution in [0.25, 0.3) is 0 Å². The minimum Gasteiger partial charge on any atom is -0.385 e. The molecule has 0 amide bonds. The Bertz CT molecular complexity index is 711. The summed E-state index contributed by atoms with van der Waals surface area (Å²) in [5.74, 6) is 0. The van der Waals surface area contributed by atoms with Gasteiger partial charge in [-0.25, -0.2) is 8.42 Å². The van der Waals surface area contributed by atoms with Crippen molar-refractivity contribution < 1.29 is 13.2 Å². The first-order valence-electron chi connectivity index (χ1n) is 7.43. The van der Waals surface area contributed by atoms with Gasteiger partial charge < -0.3 is 10.1 Å². The minimum atomic E-state index is -3.55. The number of aryl methyl sites for hydroxylation is 1. The van der Waals surface area contributed by atoms with E-state index in [-0.39, 0.29) is 4.90 Å². The lowest BCUT2D eigenvalue weighted by atomic mass is 10.2. The zero-order chi connectivity index (χ0) is 16.7. The third-order valence-corrected chi connectivity index (χ3v) is 4.72. The monoisotopic (exact) mass is 334 g/mol. The maximum absolute atomic E-state index is 12.3. The number of benzene rings is 2. The summed E-state index contributed by atoms with van der Waals surface area (Å²) < 4.78 is 32.2. The molecule has 124 valence electrons. The van der Waals surface area contributed by atoms with Gasteiger partial charge in [-0.2, -0.15) is 0 Å². The highest BCUT2D eigenvalue weighted by Gasteiger charge is 2.13. The Morgan fingerprint density at radius 2 is 1.57 bits per heavy atom. The number of hydrogen-bond acceptors (Lipinski definition) is 4. The number of anilines is 2. The van der Waals surface area contributed by atoms with E-state index in [0.29, 0.717) is 12.3 Å². The van der Waals surface area contributed by atoms with E-state index in [9.17, 15) is 8.42 Å². The smallest absolute Gasteiger partial charge is 0.261 e. The second-order valence-corrected chi connectivity index (χ2v) is 6.95. The van der Waals surface area contributed by atoms with E-state index < -0.39 is 10.0 Å². The van der Waals surface area contributed by atoms with Crippen LogP contribution in [-0.2, 0) is 14.8 Å². The number of ether oxygens (including phenoxy) is 1. The molecule has 2 aromatic carbocycles. The van der Waals surface area contributed by atoms with Crippen LogP contribution in [0.4, 0.5) is 11.4 Å². The summed E-state index contributed by atoms with van der Waals surface area (Å²) in [7, 11) is -1.88. The molecule has 0 radical (unpaired) electrons. The van der Waals surface area contributed by atoms with Gasteiger partial charge in [0.1, 0.15) is 0 Å². The summed E-state index contributed by atoms with van der Waals surface area (Å²) in [6, 6.07) is 13.9. The Hall–Kier alpha value is -2.05. The van der Waals surface area contributed by atoms with Crippen LogP contribution in [0.15, 0.2) is 53.4 Å². The van der Waals surface area contributed by atoms with Crippen LogP contribution >= 0.6 is 0 Å². The van der Waals surface area contributed by atoms with Crippen molar-refractivity contribution in [2.24, 2.45) is 0 Å². The first-order chi connectivity index (χ1) is 11.0. The van der Waals surface area contributed by atoms with Crippen LogP contribution in [0.5, 0.6) is 0 Å². The van der Waals surface area contributed by atoms with Crippen molar-refractivity contribution in [3.8, 4) is 0 Å². The van der Waals surface area contributed by atoms with Gasteiger partial charge >= 0.3 is 0 Å². The van der Waals surface area contributed by atoms with Crippen LogP contribution in [-0.4, -0.2) is 28.7 Å². The number of methoxy groups -OCH3 is 1. The fourth-order valence-corrected chi connectivity index (χ4v) is 3.10. The molecule has 0 atom stereocenters. The Balaban J connectivity index is 1.98. The van der Waals surface area contributed by atoms with Crippen molar-refractivity contribution in [2.75, 3.05) is 30.3 Å². The summed E-state index contributed by atoms with van der Waals surface area (Å²) in [6.07, 6.45) is 0.915. The standard InChI is InChI=1S/C17H22N2O3S/c1-14-4-10-17(11-5-14)23(20,21)19-16-8-6-15(7-9-16)18-12-3-13-22-2/h4-11,18-19H,3,12-13H2,1-2H3. The maximum atomic E-state index is 12.3. The number of sulfonamides is 1. The molecule has 23 heavy (non-hydrogen) atoms. The quantitative estimate of drug-likeness (QED) is 0.727. The average molecular weight is 334 g/mol. The molecular formula is C17H22N2O3S. The Morgan fingerprint density at radius 1 is 0.957 bits per heavy atom. The number of hydrogen-bond donors (Lipinski definition) is 2. The van der Waals surface area contributed by atoms with Crippen LogP contribution < -0.4 is 10.0 Å². The van der Waals surface area contributed by atoms with Crippen LogP contribution in [0.3, 0.4) is 0 Å². The molecule has 5 nitrogen and oxygen atoms in total. The molecule has 0 spiro atoms. The highest BCUT2D eigenvalue weighted by molar-refractivity contribution is 7.92. The molecule has 2 aromatic rings. The van der Waals surface area contributed by atoms with Gasteiger partial charge in [0.2, 0.25) is 0 Å². The molecule has 0 saturated heterocycles. The van der Waals surface area contributed by atoms with Crippen molar-refractivity contribution in [3.63, 3.8) is 0 Å². The predicted molar refractivity (Wildman–Crippen MR) is 93.4 cm³/mol. The molecule has 0 saturated carbocycles. The van der Waals surface area contributed by atoms with Crippen LogP contribution in [0.1, 0.15) is 12.0 Å². The second kappa shape index (κ2) is 7.99. The summed E-state index contributed by atoms with van der Waals surface area (Å²) in [5, 5.41) is 3.25. The van der Waals surface area contributed by atoms with Gasteiger partial charge in [0.25, 0.3) is 10.0 Å². The van der Waals surface area contributed by atoms with Crippen molar-refractivity contribution in [2.45, 2.75) is 18.2 Å². The minimum absolute atomic E-state index is 0.255. The molecule has 0 fully saturated rings. The zero-order valence-electron chi connectivity index (χ0n) is 13.4. The lowest BCUT2D eigenvalue weighted by Crippen LogP contribution is -2.13. The van der Waals surface area contributed by atoms with Crippen molar-refractivity contribution in [3.05, 3.63) is 54.1 Å².